The predicted octanol–water partition coefficient (Wildman–Crippen LogP) is 4.16. The summed E-state index contributed by atoms with van der Waals surface area (Å²) in [6, 6.07) is 5.32. The Morgan fingerprint density at radius 2 is 1.89 bits per heavy atom. The molecule has 0 saturated carbocycles. The van der Waals surface area contributed by atoms with E-state index in [0.717, 1.165) is 16.6 Å². The summed E-state index contributed by atoms with van der Waals surface area (Å²) in [4.78, 5) is 4.10. The number of aromatic nitrogens is 1. The van der Waals surface area contributed by atoms with E-state index < -0.39 is 17.7 Å². The van der Waals surface area contributed by atoms with E-state index in [9.17, 15) is 13.9 Å². The summed E-state index contributed by atoms with van der Waals surface area (Å²) < 4.78 is 27.3. The van der Waals surface area contributed by atoms with Crippen LogP contribution in [0.2, 0.25) is 0 Å². The van der Waals surface area contributed by atoms with Crippen LogP contribution in [0.3, 0.4) is 0 Å². The summed E-state index contributed by atoms with van der Waals surface area (Å²) in [5.41, 5.74) is 0.955. The number of rotatable bonds is 3. The van der Waals surface area contributed by atoms with E-state index >= 15 is 0 Å². The standard InChI is InChI=1S/C13H9Br2F2NO/c14-8-5-9(15)13(18-6-8)12(19)4-7-1-2-10(16)11(17)3-7/h1-3,5-6,12,19H,4H2. The normalized spacial score (nSPS) is 12.5. The molecule has 0 aliphatic heterocycles. The Hall–Kier alpha value is -0.850. The number of benzene rings is 1. The van der Waals surface area contributed by atoms with Gasteiger partial charge in [-0.3, -0.25) is 4.98 Å². The number of aliphatic hydroxyl groups excluding tert-OH is 1. The predicted molar refractivity (Wildman–Crippen MR) is 74.7 cm³/mol. The average Bonchev–Trinajstić information content (AvgIpc) is 2.33. The fraction of sp³-hybridized carbons (Fsp3) is 0.154. The Bertz CT molecular complexity index is 607. The summed E-state index contributed by atoms with van der Waals surface area (Å²) in [7, 11) is 0. The second-order valence-corrected chi connectivity index (χ2v) is 5.76. The molecule has 0 fully saturated rings. The van der Waals surface area contributed by atoms with E-state index in [0.29, 0.717) is 15.7 Å². The van der Waals surface area contributed by atoms with Gasteiger partial charge < -0.3 is 5.11 Å². The van der Waals surface area contributed by atoms with Crippen molar-refractivity contribution in [3.05, 3.63) is 62.3 Å². The molecule has 1 unspecified atom stereocenters. The number of hydrogen-bond acceptors (Lipinski definition) is 2. The lowest BCUT2D eigenvalue weighted by atomic mass is 10.1. The monoisotopic (exact) mass is 391 g/mol. The summed E-state index contributed by atoms with van der Waals surface area (Å²) in [6.45, 7) is 0. The van der Waals surface area contributed by atoms with Crippen molar-refractivity contribution < 1.29 is 13.9 Å². The average molecular weight is 393 g/mol. The van der Waals surface area contributed by atoms with Gasteiger partial charge in [0, 0.05) is 21.6 Å². The third-order valence-electron chi connectivity index (χ3n) is 2.56. The number of aliphatic hydroxyl groups is 1. The van der Waals surface area contributed by atoms with Gasteiger partial charge in [-0.25, -0.2) is 8.78 Å². The second-order valence-electron chi connectivity index (χ2n) is 3.99. The zero-order valence-electron chi connectivity index (χ0n) is 9.58. The first-order valence-corrected chi connectivity index (χ1v) is 6.99. The van der Waals surface area contributed by atoms with Crippen molar-refractivity contribution in [2.75, 3.05) is 0 Å². The van der Waals surface area contributed by atoms with E-state index in [2.05, 4.69) is 36.8 Å². The molecule has 2 nitrogen and oxygen atoms in total. The Labute approximate surface area is 125 Å². The lowest BCUT2D eigenvalue weighted by molar-refractivity contribution is 0.172. The number of nitrogens with zero attached hydrogens (tertiary/aromatic N) is 1. The van der Waals surface area contributed by atoms with Gasteiger partial charge in [0.1, 0.15) is 6.10 Å². The van der Waals surface area contributed by atoms with Crippen molar-refractivity contribution >= 4 is 31.9 Å². The highest BCUT2D eigenvalue weighted by Gasteiger charge is 2.15. The molecule has 0 bridgehead atoms. The Morgan fingerprint density at radius 1 is 1.16 bits per heavy atom. The van der Waals surface area contributed by atoms with Gasteiger partial charge in [0.15, 0.2) is 11.6 Å². The minimum Gasteiger partial charge on any atom is -0.386 e. The lowest BCUT2D eigenvalue weighted by Gasteiger charge is -2.12. The summed E-state index contributed by atoms with van der Waals surface area (Å²) in [5.74, 6) is -1.83. The zero-order valence-corrected chi connectivity index (χ0v) is 12.7. The number of pyridine rings is 1. The Balaban J connectivity index is 2.20. The highest BCUT2D eigenvalue weighted by Crippen LogP contribution is 2.27. The smallest absolute Gasteiger partial charge is 0.159 e. The zero-order chi connectivity index (χ0) is 14.0. The Kier molecular flexibility index (Phi) is 4.65. The van der Waals surface area contributed by atoms with Crippen LogP contribution < -0.4 is 0 Å². The minimum atomic E-state index is -0.924. The molecule has 1 heterocycles. The van der Waals surface area contributed by atoms with E-state index in [4.69, 9.17) is 0 Å². The molecule has 1 atom stereocenters. The van der Waals surface area contributed by atoms with Crippen LogP contribution in [0.25, 0.3) is 0 Å². The van der Waals surface area contributed by atoms with Crippen LogP contribution in [0.5, 0.6) is 0 Å². The van der Waals surface area contributed by atoms with Crippen molar-refractivity contribution in [1.29, 1.82) is 0 Å². The molecule has 19 heavy (non-hydrogen) atoms. The molecule has 1 aromatic carbocycles. The molecule has 1 aromatic heterocycles. The van der Waals surface area contributed by atoms with Crippen molar-refractivity contribution in [1.82, 2.24) is 4.98 Å². The SMILES string of the molecule is OC(Cc1ccc(F)c(F)c1)c1ncc(Br)cc1Br. The maximum absolute atomic E-state index is 13.1. The van der Waals surface area contributed by atoms with Crippen molar-refractivity contribution in [2.24, 2.45) is 0 Å². The van der Waals surface area contributed by atoms with Crippen molar-refractivity contribution in [3.8, 4) is 0 Å². The van der Waals surface area contributed by atoms with Crippen LogP contribution in [0, 0.1) is 11.6 Å². The molecule has 1 N–H and O–H groups in total. The third-order valence-corrected chi connectivity index (χ3v) is 3.63. The first kappa shape index (κ1) is 14.6. The minimum absolute atomic E-state index is 0.157. The van der Waals surface area contributed by atoms with Crippen molar-refractivity contribution in [3.63, 3.8) is 0 Å². The molecule has 0 radical (unpaired) electrons. The molecule has 2 aromatic rings. The van der Waals surface area contributed by atoms with E-state index in [1.165, 1.54) is 6.07 Å². The van der Waals surface area contributed by atoms with E-state index in [1.54, 1.807) is 12.3 Å². The van der Waals surface area contributed by atoms with Crippen LogP contribution in [0.1, 0.15) is 17.4 Å². The van der Waals surface area contributed by atoms with Crippen LogP contribution in [0.4, 0.5) is 8.78 Å². The van der Waals surface area contributed by atoms with Gasteiger partial charge in [-0.1, -0.05) is 6.07 Å². The lowest BCUT2D eigenvalue weighted by Crippen LogP contribution is -2.05. The molecule has 0 saturated heterocycles. The van der Waals surface area contributed by atoms with Gasteiger partial charge in [-0.05, 0) is 55.6 Å². The first-order valence-electron chi connectivity index (χ1n) is 5.40. The van der Waals surface area contributed by atoms with Crippen LogP contribution >= 0.6 is 31.9 Å². The van der Waals surface area contributed by atoms with Gasteiger partial charge >= 0.3 is 0 Å². The third kappa shape index (κ3) is 3.58. The van der Waals surface area contributed by atoms with Gasteiger partial charge in [-0.15, -0.1) is 0 Å². The molecule has 100 valence electrons. The highest BCUT2D eigenvalue weighted by atomic mass is 79.9. The number of halogens is 4. The molecule has 0 amide bonds. The van der Waals surface area contributed by atoms with Crippen molar-refractivity contribution in [2.45, 2.75) is 12.5 Å². The van der Waals surface area contributed by atoms with Gasteiger partial charge in [0.25, 0.3) is 0 Å². The molecule has 0 aliphatic rings. The summed E-state index contributed by atoms with van der Waals surface area (Å²) >= 11 is 6.56. The second kappa shape index (κ2) is 6.07. The van der Waals surface area contributed by atoms with Gasteiger partial charge in [0.05, 0.1) is 5.69 Å². The molecular formula is C13H9Br2F2NO. The molecule has 0 aliphatic carbocycles. The molecule has 6 heteroatoms. The fourth-order valence-corrected chi connectivity index (χ4v) is 2.91. The maximum atomic E-state index is 13.1. The van der Waals surface area contributed by atoms with E-state index in [-0.39, 0.29) is 6.42 Å². The quantitative estimate of drug-likeness (QED) is 0.850. The fourth-order valence-electron chi connectivity index (χ4n) is 1.66. The van der Waals surface area contributed by atoms with Crippen LogP contribution in [-0.4, -0.2) is 10.1 Å². The first-order chi connectivity index (χ1) is 8.97. The van der Waals surface area contributed by atoms with E-state index in [1.807, 2.05) is 0 Å². The molecule has 0 spiro atoms. The maximum Gasteiger partial charge on any atom is 0.159 e. The topological polar surface area (TPSA) is 33.1 Å². The Morgan fingerprint density at radius 3 is 2.53 bits per heavy atom. The number of hydrogen-bond donors (Lipinski definition) is 1. The van der Waals surface area contributed by atoms with Crippen LogP contribution in [0.15, 0.2) is 39.4 Å². The molecular weight excluding hydrogens is 384 g/mol. The summed E-state index contributed by atoms with van der Waals surface area (Å²) in [5, 5.41) is 10.1. The molecule has 2 rings (SSSR count). The van der Waals surface area contributed by atoms with Crippen LogP contribution in [-0.2, 0) is 6.42 Å². The van der Waals surface area contributed by atoms with Gasteiger partial charge in [-0.2, -0.15) is 0 Å². The largest absolute Gasteiger partial charge is 0.386 e. The highest BCUT2D eigenvalue weighted by molar-refractivity contribution is 9.11. The van der Waals surface area contributed by atoms with Gasteiger partial charge in [0.2, 0.25) is 0 Å². The summed E-state index contributed by atoms with van der Waals surface area (Å²) in [6.07, 6.45) is 0.825.